The normalized spacial score (nSPS) is 24.2. The first-order valence-corrected chi connectivity index (χ1v) is 5.12. The molecule has 1 unspecified atom stereocenters. The van der Waals surface area contributed by atoms with Crippen molar-refractivity contribution in [3.63, 3.8) is 0 Å². The van der Waals surface area contributed by atoms with Crippen LogP contribution in [0.3, 0.4) is 0 Å². The van der Waals surface area contributed by atoms with Gasteiger partial charge in [0.15, 0.2) is 0 Å². The number of nitrogens with one attached hydrogen (secondary N) is 1. The van der Waals surface area contributed by atoms with Gasteiger partial charge in [-0.05, 0) is 6.42 Å². The molecular formula is C10H16N2O4. The molecule has 3 N–H and O–H groups in total. The van der Waals surface area contributed by atoms with Crippen molar-refractivity contribution in [2.45, 2.75) is 25.0 Å². The molecule has 1 rings (SSSR count). The number of likely N-dealkylation sites (tertiary alicyclic amines) is 1. The second-order valence-corrected chi connectivity index (χ2v) is 3.71. The summed E-state index contributed by atoms with van der Waals surface area (Å²) in [6.45, 7) is 4.00. The maximum atomic E-state index is 11.6. The lowest BCUT2D eigenvalue weighted by atomic mass is 10.2. The van der Waals surface area contributed by atoms with Gasteiger partial charge in [0, 0.05) is 19.5 Å². The van der Waals surface area contributed by atoms with Crippen LogP contribution in [0.4, 0.5) is 4.79 Å². The number of carboxylic acid groups (broad SMARTS) is 1. The molecule has 2 atom stereocenters. The summed E-state index contributed by atoms with van der Waals surface area (Å²) < 4.78 is 0. The molecule has 6 heteroatoms. The Labute approximate surface area is 93.5 Å². The van der Waals surface area contributed by atoms with E-state index in [0.29, 0.717) is 13.0 Å². The topological polar surface area (TPSA) is 89.9 Å². The predicted molar refractivity (Wildman–Crippen MR) is 57.0 cm³/mol. The molecular weight excluding hydrogens is 212 g/mol. The van der Waals surface area contributed by atoms with Gasteiger partial charge in [-0.1, -0.05) is 6.08 Å². The van der Waals surface area contributed by atoms with Crippen molar-refractivity contribution < 1.29 is 19.8 Å². The average Bonchev–Trinajstić information content (AvgIpc) is 2.61. The average molecular weight is 228 g/mol. The predicted octanol–water partition coefficient (Wildman–Crippen LogP) is -0.208. The summed E-state index contributed by atoms with van der Waals surface area (Å²) in [5, 5.41) is 20.8. The number of carbonyl (C=O) groups is 2. The van der Waals surface area contributed by atoms with E-state index in [9.17, 15) is 14.7 Å². The highest BCUT2D eigenvalue weighted by Crippen LogP contribution is 2.17. The SMILES string of the molecule is C=CCCNC(=O)N1CC(O)C[C@H]1C(=O)O. The first kappa shape index (κ1) is 12.5. The number of β-amino-alcohol motifs (C(OH)–C–C–N with tert-alkyl or cyclic N) is 1. The molecule has 0 saturated carbocycles. The largest absolute Gasteiger partial charge is 0.480 e. The molecule has 16 heavy (non-hydrogen) atoms. The molecule has 0 aromatic carbocycles. The number of rotatable bonds is 4. The molecule has 90 valence electrons. The van der Waals surface area contributed by atoms with Crippen molar-refractivity contribution in [1.82, 2.24) is 10.2 Å². The number of aliphatic carboxylic acids is 1. The van der Waals surface area contributed by atoms with Crippen LogP contribution in [-0.4, -0.2) is 52.3 Å². The van der Waals surface area contributed by atoms with Gasteiger partial charge < -0.3 is 20.4 Å². The fourth-order valence-corrected chi connectivity index (χ4v) is 1.66. The molecule has 0 radical (unpaired) electrons. The highest BCUT2D eigenvalue weighted by molar-refractivity contribution is 5.83. The molecule has 0 aromatic heterocycles. The fraction of sp³-hybridized carbons (Fsp3) is 0.600. The second-order valence-electron chi connectivity index (χ2n) is 3.71. The standard InChI is InChI=1S/C10H16N2O4/c1-2-3-4-11-10(16)12-6-7(13)5-8(12)9(14)15/h2,7-8,13H,1,3-6H2,(H,11,16)(H,14,15)/t7?,8-/m0/s1. The lowest BCUT2D eigenvalue weighted by Crippen LogP contribution is -2.46. The highest BCUT2D eigenvalue weighted by atomic mass is 16.4. The minimum Gasteiger partial charge on any atom is -0.480 e. The van der Waals surface area contributed by atoms with Crippen LogP contribution in [0.5, 0.6) is 0 Å². The fourth-order valence-electron chi connectivity index (χ4n) is 1.66. The summed E-state index contributed by atoms with van der Waals surface area (Å²) >= 11 is 0. The van der Waals surface area contributed by atoms with Crippen LogP contribution < -0.4 is 5.32 Å². The monoisotopic (exact) mass is 228 g/mol. The van der Waals surface area contributed by atoms with E-state index in [2.05, 4.69) is 11.9 Å². The summed E-state index contributed by atoms with van der Waals surface area (Å²) in [4.78, 5) is 23.6. The number of amides is 2. The number of hydrogen-bond donors (Lipinski definition) is 3. The molecule has 1 saturated heterocycles. The molecule has 0 aromatic rings. The van der Waals surface area contributed by atoms with Crippen molar-refractivity contribution in [1.29, 1.82) is 0 Å². The van der Waals surface area contributed by atoms with Gasteiger partial charge in [-0.3, -0.25) is 0 Å². The van der Waals surface area contributed by atoms with Crippen LogP contribution in [0.2, 0.25) is 0 Å². The molecule has 0 bridgehead atoms. The molecule has 1 heterocycles. The highest BCUT2D eigenvalue weighted by Gasteiger charge is 2.38. The summed E-state index contributed by atoms with van der Waals surface area (Å²) in [7, 11) is 0. The van der Waals surface area contributed by atoms with Crippen molar-refractivity contribution >= 4 is 12.0 Å². The third-order valence-electron chi connectivity index (χ3n) is 2.45. The number of nitrogens with zero attached hydrogens (tertiary/aromatic N) is 1. The van der Waals surface area contributed by atoms with E-state index in [-0.39, 0.29) is 13.0 Å². The smallest absolute Gasteiger partial charge is 0.326 e. The van der Waals surface area contributed by atoms with Crippen LogP contribution in [0.25, 0.3) is 0 Å². The Balaban J connectivity index is 2.53. The molecule has 2 amide bonds. The van der Waals surface area contributed by atoms with Gasteiger partial charge in [-0.25, -0.2) is 9.59 Å². The van der Waals surface area contributed by atoms with Crippen molar-refractivity contribution in [2.75, 3.05) is 13.1 Å². The van der Waals surface area contributed by atoms with Gasteiger partial charge in [-0.15, -0.1) is 6.58 Å². The third kappa shape index (κ3) is 2.96. The van der Waals surface area contributed by atoms with Crippen LogP contribution in [0.1, 0.15) is 12.8 Å². The quantitative estimate of drug-likeness (QED) is 0.459. The molecule has 0 spiro atoms. The molecule has 1 aliphatic rings. The van der Waals surface area contributed by atoms with Crippen molar-refractivity contribution in [3.8, 4) is 0 Å². The summed E-state index contributed by atoms with van der Waals surface area (Å²) in [6, 6.07) is -1.38. The van der Waals surface area contributed by atoms with Crippen LogP contribution in [0, 0.1) is 0 Å². The van der Waals surface area contributed by atoms with Crippen molar-refractivity contribution in [2.24, 2.45) is 0 Å². The van der Waals surface area contributed by atoms with Gasteiger partial charge in [-0.2, -0.15) is 0 Å². The van der Waals surface area contributed by atoms with Crippen molar-refractivity contribution in [3.05, 3.63) is 12.7 Å². The zero-order chi connectivity index (χ0) is 12.1. The van der Waals surface area contributed by atoms with Gasteiger partial charge in [0.25, 0.3) is 0 Å². The van der Waals surface area contributed by atoms with E-state index < -0.39 is 24.1 Å². The lowest BCUT2D eigenvalue weighted by Gasteiger charge is -2.21. The Morgan fingerprint density at radius 3 is 2.81 bits per heavy atom. The Bertz CT molecular complexity index is 293. The zero-order valence-electron chi connectivity index (χ0n) is 8.93. The lowest BCUT2D eigenvalue weighted by molar-refractivity contribution is -0.141. The van der Waals surface area contributed by atoms with Crippen LogP contribution in [0.15, 0.2) is 12.7 Å². The van der Waals surface area contributed by atoms with Gasteiger partial charge >= 0.3 is 12.0 Å². The molecule has 1 aliphatic heterocycles. The maximum absolute atomic E-state index is 11.6. The number of aliphatic hydroxyl groups excluding tert-OH is 1. The van der Waals surface area contributed by atoms with Gasteiger partial charge in [0.2, 0.25) is 0 Å². The first-order chi connectivity index (χ1) is 7.56. The number of urea groups is 1. The minimum atomic E-state index is -1.09. The van der Waals surface area contributed by atoms with E-state index in [1.54, 1.807) is 6.08 Å². The number of hydrogen-bond acceptors (Lipinski definition) is 3. The Morgan fingerprint density at radius 2 is 2.25 bits per heavy atom. The van der Waals surface area contributed by atoms with Gasteiger partial charge in [0.1, 0.15) is 6.04 Å². The van der Waals surface area contributed by atoms with E-state index in [1.165, 1.54) is 0 Å². The summed E-state index contributed by atoms with van der Waals surface area (Å²) in [6.07, 6.45) is 1.61. The van der Waals surface area contributed by atoms with E-state index in [1.807, 2.05) is 0 Å². The van der Waals surface area contributed by atoms with E-state index in [0.717, 1.165) is 4.90 Å². The first-order valence-electron chi connectivity index (χ1n) is 5.12. The Morgan fingerprint density at radius 1 is 1.56 bits per heavy atom. The second kappa shape index (κ2) is 5.50. The minimum absolute atomic E-state index is 0.0664. The molecule has 6 nitrogen and oxygen atoms in total. The number of carboxylic acids is 1. The number of carbonyl (C=O) groups excluding carboxylic acids is 1. The van der Waals surface area contributed by atoms with Gasteiger partial charge in [0.05, 0.1) is 6.10 Å². The summed E-state index contributed by atoms with van der Waals surface area (Å²) in [5.41, 5.74) is 0. The summed E-state index contributed by atoms with van der Waals surface area (Å²) in [5.74, 6) is -1.09. The van der Waals surface area contributed by atoms with Crippen LogP contribution in [-0.2, 0) is 4.79 Å². The Hall–Kier alpha value is -1.56. The number of aliphatic hydroxyl groups is 1. The van der Waals surface area contributed by atoms with E-state index in [4.69, 9.17) is 5.11 Å². The molecule has 1 fully saturated rings. The maximum Gasteiger partial charge on any atom is 0.326 e. The van der Waals surface area contributed by atoms with Crippen LogP contribution >= 0.6 is 0 Å². The molecule has 0 aliphatic carbocycles. The Kier molecular flexibility index (Phi) is 4.30. The van der Waals surface area contributed by atoms with E-state index >= 15 is 0 Å². The zero-order valence-corrected chi connectivity index (χ0v) is 8.93. The third-order valence-corrected chi connectivity index (χ3v) is 2.45.